The molecular formula is C17H10N2. The number of fused-ring (bicyclic) bond motifs is 6. The highest BCUT2D eigenvalue weighted by Crippen LogP contribution is 2.43. The second kappa shape index (κ2) is 3.91. The number of rotatable bonds is 0. The van der Waals surface area contributed by atoms with Gasteiger partial charge in [-0.25, -0.2) is 4.99 Å². The van der Waals surface area contributed by atoms with Crippen molar-refractivity contribution in [2.45, 2.75) is 0 Å². The van der Waals surface area contributed by atoms with Crippen molar-refractivity contribution in [3.63, 3.8) is 0 Å². The third kappa shape index (κ3) is 1.44. The van der Waals surface area contributed by atoms with Gasteiger partial charge in [0.05, 0.1) is 5.69 Å². The fraction of sp³-hybridized carbons (Fsp3) is 0. The van der Waals surface area contributed by atoms with E-state index in [2.05, 4.69) is 52.3 Å². The highest BCUT2D eigenvalue weighted by atomic mass is 14.8. The Morgan fingerprint density at radius 3 is 1.95 bits per heavy atom. The summed E-state index contributed by atoms with van der Waals surface area (Å²) in [5, 5.41) is 4.68. The molecule has 1 aliphatic heterocycles. The van der Waals surface area contributed by atoms with Crippen molar-refractivity contribution in [2.75, 3.05) is 0 Å². The minimum Gasteiger partial charge on any atom is -0.253 e. The fourth-order valence-corrected chi connectivity index (χ4v) is 2.59. The van der Waals surface area contributed by atoms with Gasteiger partial charge in [-0.15, -0.1) is 0 Å². The molecule has 0 bridgehead atoms. The van der Waals surface area contributed by atoms with Crippen LogP contribution in [0.3, 0.4) is 0 Å². The third-order valence-corrected chi connectivity index (χ3v) is 3.41. The Hall–Kier alpha value is -2.70. The lowest BCUT2D eigenvalue weighted by Crippen LogP contribution is -1.80. The molecule has 4 rings (SSSR count). The van der Waals surface area contributed by atoms with E-state index < -0.39 is 0 Å². The van der Waals surface area contributed by atoms with Crippen molar-refractivity contribution < 1.29 is 0 Å². The standard InChI is InChI=1S/C17H10N2/c1-3-8-14-12(6-1)13-7-2-4-9-15(13)17-16(14)18-10-5-11-19-17/h1-10H. The number of nitrogens with zero attached hydrogens (tertiary/aromatic N) is 2. The molecule has 3 aromatic carbocycles. The van der Waals surface area contributed by atoms with E-state index in [1.54, 1.807) is 12.3 Å². The Labute approximate surface area is 110 Å². The van der Waals surface area contributed by atoms with Gasteiger partial charge in [0.2, 0.25) is 0 Å². The van der Waals surface area contributed by atoms with Crippen molar-refractivity contribution in [2.24, 2.45) is 9.98 Å². The van der Waals surface area contributed by atoms with E-state index in [1.807, 2.05) is 12.1 Å². The maximum absolute atomic E-state index is 4.53. The Morgan fingerprint density at radius 2 is 1.26 bits per heavy atom. The van der Waals surface area contributed by atoms with Gasteiger partial charge >= 0.3 is 0 Å². The molecule has 1 aliphatic rings. The fourth-order valence-electron chi connectivity index (χ4n) is 2.59. The summed E-state index contributed by atoms with van der Waals surface area (Å²) in [6.45, 7) is 0. The largest absolute Gasteiger partial charge is 0.253 e. The minimum atomic E-state index is 0.902. The predicted molar refractivity (Wildman–Crippen MR) is 81.3 cm³/mol. The predicted octanol–water partition coefficient (Wildman–Crippen LogP) is 4.57. The summed E-state index contributed by atoms with van der Waals surface area (Å²) >= 11 is 0. The molecule has 0 aliphatic carbocycles. The Balaban J connectivity index is 2.36. The number of hydrogen-bond acceptors (Lipinski definition) is 2. The zero-order valence-corrected chi connectivity index (χ0v) is 10.2. The second-order valence-corrected chi connectivity index (χ2v) is 4.47. The number of hydrogen-bond donors (Lipinski definition) is 0. The van der Waals surface area contributed by atoms with Crippen LogP contribution in [-0.2, 0) is 0 Å². The molecule has 88 valence electrons. The first kappa shape index (κ1) is 10.2. The Morgan fingerprint density at radius 1 is 0.684 bits per heavy atom. The maximum Gasteiger partial charge on any atom is 0.107 e. The van der Waals surface area contributed by atoms with Gasteiger partial charge in [-0.05, 0) is 16.6 Å². The maximum atomic E-state index is 4.53. The summed E-state index contributed by atoms with van der Waals surface area (Å²) in [4.78, 5) is 8.96. The van der Waals surface area contributed by atoms with Gasteiger partial charge < -0.3 is 0 Å². The second-order valence-electron chi connectivity index (χ2n) is 4.47. The topological polar surface area (TPSA) is 24.7 Å². The van der Waals surface area contributed by atoms with E-state index in [1.165, 1.54) is 10.8 Å². The lowest BCUT2D eigenvalue weighted by atomic mass is 9.98. The first-order chi connectivity index (χ1) is 9.45. The molecule has 19 heavy (non-hydrogen) atoms. The summed E-state index contributed by atoms with van der Waals surface area (Å²) in [6, 6.07) is 16.6. The number of allylic oxidation sites excluding steroid dienone is 1. The number of benzene rings is 3. The van der Waals surface area contributed by atoms with Crippen LogP contribution in [0.1, 0.15) is 0 Å². The first-order valence-electron chi connectivity index (χ1n) is 6.21. The molecule has 0 amide bonds. The van der Waals surface area contributed by atoms with Gasteiger partial charge in [-0.3, -0.25) is 4.99 Å². The SMILES string of the molecule is C1=CC=Nc2c(c3ccccc3c3ccccc23)N=1. The molecule has 3 aromatic rings. The van der Waals surface area contributed by atoms with Gasteiger partial charge in [-0.2, -0.15) is 0 Å². The van der Waals surface area contributed by atoms with Gasteiger partial charge in [-0.1, -0.05) is 48.5 Å². The third-order valence-electron chi connectivity index (χ3n) is 3.41. The average molecular weight is 242 g/mol. The highest BCUT2D eigenvalue weighted by molar-refractivity contribution is 6.19. The summed E-state index contributed by atoms with van der Waals surface area (Å²) in [5.74, 6) is 2.91. The van der Waals surface area contributed by atoms with E-state index in [9.17, 15) is 0 Å². The molecule has 0 aromatic heterocycles. The summed E-state index contributed by atoms with van der Waals surface area (Å²) < 4.78 is 0. The monoisotopic (exact) mass is 242 g/mol. The Bertz CT molecular complexity index is 898. The van der Waals surface area contributed by atoms with Crippen LogP contribution in [0.2, 0.25) is 0 Å². The van der Waals surface area contributed by atoms with Crippen molar-refractivity contribution in [1.29, 1.82) is 0 Å². The van der Waals surface area contributed by atoms with Crippen LogP contribution in [0.15, 0.2) is 64.6 Å². The van der Waals surface area contributed by atoms with Crippen LogP contribution >= 0.6 is 0 Å². The first-order valence-corrected chi connectivity index (χ1v) is 6.21. The van der Waals surface area contributed by atoms with E-state index >= 15 is 0 Å². The lowest BCUT2D eigenvalue weighted by molar-refractivity contribution is 1.54. The molecule has 0 spiro atoms. The molecular weight excluding hydrogens is 232 g/mol. The molecule has 0 atom stereocenters. The van der Waals surface area contributed by atoms with Crippen LogP contribution < -0.4 is 0 Å². The van der Waals surface area contributed by atoms with Crippen molar-refractivity contribution in [3.05, 3.63) is 54.6 Å². The molecule has 1 heterocycles. The molecule has 0 radical (unpaired) electrons. The van der Waals surface area contributed by atoms with Crippen LogP contribution in [0.5, 0.6) is 0 Å². The molecule has 2 nitrogen and oxygen atoms in total. The summed E-state index contributed by atoms with van der Waals surface area (Å²) in [5.41, 5.74) is 1.83. The molecule has 0 unspecified atom stereocenters. The van der Waals surface area contributed by atoms with Crippen molar-refractivity contribution in [3.8, 4) is 0 Å². The summed E-state index contributed by atoms with van der Waals surface area (Å²) in [7, 11) is 0. The van der Waals surface area contributed by atoms with Gasteiger partial charge in [0.1, 0.15) is 5.69 Å². The molecule has 2 heteroatoms. The van der Waals surface area contributed by atoms with E-state index in [0.717, 1.165) is 22.1 Å². The van der Waals surface area contributed by atoms with E-state index in [0.29, 0.717) is 0 Å². The van der Waals surface area contributed by atoms with Crippen molar-refractivity contribution in [1.82, 2.24) is 0 Å². The van der Waals surface area contributed by atoms with Gasteiger partial charge in [0.25, 0.3) is 0 Å². The van der Waals surface area contributed by atoms with Crippen LogP contribution in [0, 0.1) is 0 Å². The van der Waals surface area contributed by atoms with Crippen LogP contribution in [0.4, 0.5) is 11.4 Å². The van der Waals surface area contributed by atoms with Crippen LogP contribution in [-0.4, -0.2) is 12.1 Å². The highest BCUT2D eigenvalue weighted by Gasteiger charge is 2.12. The molecule has 0 saturated carbocycles. The molecule has 0 N–H and O–H groups in total. The van der Waals surface area contributed by atoms with Gasteiger partial charge in [0, 0.05) is 23.1 Å². The van der Waals surface area contributed by atoms with E-state index in [-0.39, 0.29) is 0 Å². The van der Waals surface area contributed by atoms with Crippen LogP contribution in [0.25, 0.3) is 21.5 Å². The zero-order chi connectivity index (χ0) is 12.7. The smallest absolute Gasteiger partial charge is 0.107 e. The lowest BCUT2D eigenvalue weighted by Gasteiger charge is -2.10. The minimum absolute atomic E-state index is 0.902. The van der Waals surface area contributed by atoms with Gasteiger partial charge in [0.15, 0.2) is 0 Å². The van der Waals surface area contributed by atoms with E-state index in [4.69, 9.17) is 0 Å². The summed E-state index contributed by atoms with van der Waals surface area (Å²) in [6.07, 6.45) is 3.49. The normalized spacial score (nSPS) is 12.8. The quantitative estimate of drug-likeness (QED) is 0.516. The Kier molecular flexibility index (Phi) is 2.11. The molecule has 0 fully saturated rings. The number of aliphatic imine (C=N–C) groups is 2. The van der Waals surface area contributed by atoms with Crippen molar-refractivity contribution >= 4 is 45.0 Å². The zero-order valence-electron chi connectivity index (χ0n) is 10.2. The average Bonchev–Trinajstić information content (AvgIpc) is 2.73. The molecule has 0 saturated heterocycles.